The van der Waals surface area contributed by atoms with E-state index in [1.165, 1.54) is 0 Å². The quantitative estimate of drug-likeness (QED) is 0.622. The molecule has 1 fully saturated rings. The maximum absolute atomic E-state index is 11.6. The Labute approximate surface area is 108 Å². The van der Waals surface area contributed by atoms with Crippen LogP contribution in [0.15, 0.2) is 30.3 Å². The molecule has 0 aliphatic heterocycles. The second-order valence-corrected chi connectivity index (χ2v) is 4.99. The fourth-order valence-electron chi connectivity index (χ4n) is 2.29. The van der Waals surface area contributed by atoms with E-state index in [-0.39, 0.29) is 12.1 Å². The molecule has 3 nitrogen and oxygen atoms in total. The van der Waals surface area contributed by atoms with Gasteiger partial charge in [-0.1, -0.05) is 24.6 Å². The van der Waals surface area contributed by atoms with E-state index in [0.29, 0.717) is 18.1 Å². The van der Waals surface area contributed by atoms with E-state index in [4.69, 9.17) is 9.84 Å². The summed E-state index contributed by atoms with van der Waals surface area (Å²) in [6.07, 6.45) is 4.95. The highest BCUT2D eigenvalue weighted by Gasteiger charge is 2.26. The molecule has 1 aliphatic carbocycles. The Kier molecular flexibility index (Phi) is 4.76. The third-order valence-corrected chi connectivity index (χ3v) is 3.46. The van der Waals surface area contributed by atoms with Gasteiger partial charge in [0, 0.05) is 0 Å². The number of benzene rings is 1. The van der Waals surface area contributed by atoms with Gasteiger partial charge >= 0.3 is 5.97 Å². The first-order chi connectivity index (χ1) is 8.75. The second-order valence-electron chi connectivity index (χ2n) is 4.99. The molecule has 0 spiro atoms. The summed E-state index contributed by atoms with van der Waals surface area (Å²) < 4.78 is 5.19. The summed E-state index contributed by atoms with van der Waals surface area (Å²) in [7, 11) is 0. The molecule has 0 unspecified atom stereocenters. The summed E-state index contributed by atoms with van der Waals surface area (Å²) in [5, 5.41) is 9.15. The van der Waals surface area contributed by atoms with E-state index < -0.39 is 0 Å². The van der Waals surface area contributed by atoms with Gasteiger partial charge in [0.05, 0.1) is 18.3 Å². The molecule has 0 amide bonds. The minimum atomic E-state index is -0.241. The highest BCUT2D eigenvalue weighted by atomic mass is 16.5. The van der Waals surface area contributed by atoms with Gasteiger partial charge < -0.3 is 9.84 Å². The Morgan fingerprint density at radius 2 is 1.94 bits per heavy atom. The molecule has 1 saturated carbocycles. The molecule has 0 heterocycles. The first-order valence-electron chi connectivity index (χ1n) is 6.66. The summed E-state index contributed by atoms with van der Waals surface area (Å²) in [6, 6.07) is 9.07. The fraction of sp³-hybridized carbons (Fsp3) is 0.533. The number of aliphatic hydroxyl groups is 1. The average molecular weight is 248 g/mol. The number of carbonyl (C=O) groups excluding carboxylic acids is 1. The number of hydrogen-bond donors (Lipinski definition) is 1. The summed E-state index contributed by atoms with van der Waals surface area (Å²) in [5.41, 5.74) is 0.611. The molecule has 2 rings (SSSR count). The average Bonchev–Trinajstić information content (AvgIpc) is 2.37. The van der Waals surface area contributed by atoms with Crippen molar-refractivity contribution in [2.24, 2.45) is 5.92 Å². The predicted octanol–water partition coefficient (Wildman–Crippen LogP) is 2.78. The maximum atomic E-state index is 11.6. The number of ether oxygens (including phenoxy) is 1. The van der Waals surface area contributed by atoms with Crippen molar-refractivity contribution in [2.45, 2.75) is 38.2 Å². The van der Waals surface area contributed by atoms with Crippen molar-refractivity contribution in [3.05, 3.63) is 35.9 Å². The molecule has 1 aromatic rings. The Bertz CT molecular complexity index is 369. The Balaban J connectivity index is 1.54. The van der Waals surface area contributed by atoms with Crippen molar-refractivity contribution >= 4 is 5.97 Å². The molecule has 1 N–H and O–H groups in total. The van der Waals surface area contributed by atoms with Crippen molar-refractivity contribution in [3.8, 4) is 0 Å². The number of unbranched alkanes of at least 4 members (excludes halogenated alkanes) is 1. The fourth-order valence-corrected chi connectivity index (χ4v) is 2.29. The van der Waals surface area contributed by atoms with Crippen LogP contribution in [0.2, 0.25) is 0 Å². The summed E-state index contributed by atoms with van der Waals surface area (Å²) in [4.78, 5) is 11.6. The number of esters is 1. The van der Waals surface area contributed by atoms with Crippen LogP contribution in [0.25, 0.3) is 0 Å². The Morgan fingerprint density at radius 1 is 1.22 bits per heavy atom. The van der Waals surface area contributed by atoms with Crippen LogP contribution in [0.5, 0.6) is 0 Å². The predicted molar refractivity (Wildman–Crippen MR) is 69.3 cm³/mol. The molecule has 0 atom stereocenters. The van der Waals surface area contributed by atoms with Gasteiger partial charge in [-0.15, -0.1) is 0 Å². The molecular formula is C15H20O3. The Morgan fingerprint density at radius 3 is 2.61 bits per heavy atom. The zero-order chi connectivity index (χ0) is 12.8. The summed E-state index contributed by atoms with van der Waals surface area (Å²) in [6.45, 7) is 0.489. The van der Waals surface area contributed by atoms with Gasteiger partial charge in [0.25, 0.3) is 0 Å². The van der Waals surface area contributed by atoms with Crippen LogP contribution in [-0.4, -0.2) is 23.8 Å². The third kappa shape index (κ3) is 3.84. The third-order valence-electron chi connectivity index (χ3n) is 3.46. The van der Waals surface area contributed by atoms with Crippen LogP contribution in [-0.2, 0) is 4.74 Å². The molecule has 0 radical (unpaired) electrons. The van der Waals surface area contributed by atoms with Crippen molar-refractivity contribution in [3.63, 3.8) is 0 Å². The van der Waals surface area contributed by atoms with E-state index >= 15 is 0 Å². The van der Waals surface area contributed by atoms with Gasteiger partial charge in [-0.05, 0) is 43.7 Å². The van der Waals surface area contributed by atoms with Gasteiger partial charge in [0.15, 0.2) is 0 Å². The van der Waals surface area contributed by atoms with Crippen molar-refractivity contribution in [1.29, 1.82) is 0 Å². The molecule has 18 heavy (non-hydrogen) atoms. The van der Waals surface area contributed by atoms with Crippen molar-refractivity contribution in [2.75, 3.05) is 6.61 Å². The van der Waals surface area contributed by atoms with Crippen LogP contribution in [0, 0.1) is 5.92 Å². The van der Waals surface area contributed by atoms with Crippen LogP contribution in [0.4, 0.5) is 0 Å². The zero-order valence-electron chi connectivity index (χ0n) is 10.5. The molecule has 1 aromatic carbocycles. The maximum Gasteiger partial charge on any atom is 0.338 e. The largest absolute Gasteiger partial charge is 0.462 e. The highest BCUT2D eigenvalue weighted by molar-refractivity contribution is 5.89. The van der Waals surface area contributed by atoms with Gasteiger partial charge in [-0.3, -0.25) is 0 Å². The lowest BCUT2D eigenvalue weighted by atomic mass is 9.79. The van der Waals surface area contributed by atoms with Crippen molar-refractivity contribution in [1.82, 2.24) is 0 Å². The topological polar surface area (TPSA) is 46.5 Å². The summed E-state index contributed by atoms with van der Waals surface area (Å²) >= 11 is 0. The van der Waals surface area contributed by atoms with E-state index in [0.717, 1.165) is 32.1 Å². The number of carbonyl (C=O) groups is 1. The van der Waals surface area contributed by atoms with Crippen LogP contribution >= 0.6 is 0 Å². The lowest BCUT2D eigenvalue weighted by Gasteiger charge is -2.31. The number of rotatable bonds is 6. The number of aliphatic hydroxyl groups excluding tert-OH is 1. The lowest BCUT2D eigenvalue weighted by Crippen LogP contribution is -2.28. The van der Waals surface area contributed by atoms with Gasteiger partial charge in [-0.25, -0.2) is 4.79 Å². The van der Waals surface area contributed by atoms with Gasteiger partial charge in [-0.2, -0.15) is 0 Å². The van der Waals surface area contributed by atoms with Gasteiger partial charge in [0.2, 0.25) is 0 Å². The first-order valence-corrected chi connectivity index (χ1v) is 6.66. The van der Waals surface area contributed by atoms with Crippen molar-refractivity contribution < 1.29 is 14.6 Å². The van der Waals surface area contributed by atoms with E-state index in [9.17, 15) is 4.79 Å². The lowest BCUT2D eigenvalue weighted by molar-refractivity contribution is 0.0358. The SMILES string of the molecule is O=C(OCCCCC1CC(O)C1)c1ccccc1. The molecule has 0 bridgehead atoms. The molecular weight excluding hydrogens is 228 g/mol. The standard InChI is InChI=1S/C15H20O3/c16-14-10-12(11-14)6-4-5-9-18-15(17)13-7-2-1-3-8-13/h1-3,7-8,12,14,16H,4-6,9-11H2. The first kappa shape index (κ1) is 13.1. The van der Waals surface area contributed by atoms with Crippen LogP contribution in [0.1, 0.15) is 42.5 Å². The summed E-state index contributed by atoms with van der Waals surface area (Å²) in [5.74, 6) is 0.444. The molecule has 1 aliphatic rings. The number of hydrogen-bond acceptors (Lipinski definition) is 3. The van der Waals surface area contributed by atoms with E-state index in [2.05, 4.69) is 0 Å². The normalized spacial score (nSPS) is 22.3. The Hall–Kier alpha value is -1.35. The minimum Gasteiger partial charge on any atom is -0.462 e. The minimum absolute atomic E-state index is 0.0640. The van der Waals surface area contributed by atoms with E-state index in [1.807, 2.05) is 18.2 Å². The zero-order valence-corrected chi connectivity index (χ0v) is 10.5. The van der Waals surface area contributed by atoms with Crippen LogP contribution < -0.4 is 0 Å². The molecule has 0 aromatic heterocycles. The highest BCUT2D eigenvalue weighted by Crippen LogP contribution is 2.31. The monoisotopic (exact) mass is 248 g/mol. The van der Waals surface area contributed by atoms with E-state index in [1.54, 1.807) is 12.1 Å². The molecule has 0 saturated heterocycles. The van der Waals surface area contributed by atoms with Crippen LogP contribution in [0.3, 0.4) is 0 Å². The van der Waals surface area contributed by atoms with Gasteiger partial charge in [0.1, 0.15) is 0 Å². The molecule has 98 valence electrons. The second kappa shape index (κ2) is 6.55. The molecule has 3 heteroatoms. The smallest absolute Gasteiger partial charge is 0.338 e.